The quantitative estimate of drug-likeness (QED) is 0.683. The van der Waals surface area contributed by atoms with Gasteiger partial charge in [0.15, 0.2) is 0 Å². The third-order valence-corrected chi connectivity index (χ3v) is 4.69. The summed E-state index contributed by atoms with van der Waals surface area (Å²) in [6, 6.07) is 3.66. The normalized spacial score (nSPS) is 22.7. The molecule has 1 aromatic carbocycles. The number of rotatable bonds is 2. The lowest BCUT2D eigenvalue weighted by Crippen LogP contribution is -2.06. The van der Waals surface area contributed by atoms with Crippen LogP contribution in [0.25, 0.3) is 11.0 Å². The predicted molar refractivity (Wildman–Crippen MR) is 79.1 cm³/mol. The van der Waals surface area contributed by atoms with Crippen molar-refractivity contribution in [3.05, 3.63) is 28.2 Å². The largest absolute Gasteiger partial charge is 0.323 e. The third-order valence-electron chi connectivity index (χ3n) is 3.89. The highest BCUT2D eigenvalue weighted by molar-refractivity contribution is 9.10. The lowest BCUT2D eigenvalue weighted by atomic mass is 10.2. The van der Waals surface area contributed by atoms with E-state index in [9.17, 15) is 4.39 Å². The van der Waals surface area contributed by atoms with Gasteiger partial charge in [-0.1, -0.05) is 13.8 Å². The van der Waals surface area contributed by atoms with Gasteiger partial charge >= 0.3 is 0 Å². The highest BCUT2D eigenvalue weighted by Crippen LogP contribution is 2.57. The number of imidazole rings is 1. The third kappa shape index (κ3) is 2.09. The number of hydrogen-bond acceptors (Lipinski definition) is 1. The summed E-state index contributed by atoms with van der Waals surface area (Å²) in [7, 11) is 0. The first-order chi connectivity index (χ1) is 8.81. The molecular weight excluding hydrogens is 331 g/mol. The number of benzene rings is 1. The van der Waals surface area contributed by atoms with Gasteiger partial charge < -0.3 is 4.57 Å². The van der Waals surface area contributed by atoms with Crippen molar-refractivity contribution >= 4 is 38.6 Å². The van der Waals surface area contributed by atoms with E-state index in [2.05, 4.69) is 39.3 Å². The molecule has 0 spiro atoms. The smallest absolute Gasteiger partial charge is 0.139 e. The van der Waals surface area contributed by atoms with Gasteiger partial charge in [0.05, 0.1) is 20.9 Å². The van der Waals surface area contributed by atoms with Gasteiger partial charge in [-0.25, -0.2) is 9.37 Å². The van der Waals surface area contributed by atoms with Crippen LogP contribution in [0, 0.1) is 11.2 Å². The van der Waals surface area contributed by atoms with E-state index in [4.69, 9.17) is 11.6 Å². The Balaban J connectivity index is 2.27. The van der Waals surface area contributed by atoms with Crippen molar-refractivity contribution in [2.45, 2.75) is 38.6 Å². The zero-order valence-electron chi connectivity index (χ0n) is 11.0. The van der Waals surface area contributed by atoms with Crippen LogP contribution in [0.2, 0.25) is 0 Å². The Kier molecular flexibility index (Phi) is 2.95. The minimum Gasteiger partial charge on any atom is -0.323 e. The van der Waals surface area contributed by atoms with Gasteiger partial charge in [0, 0.05) is 12.1 Å². The van der Waals surface area contributed by atoms with Crippen LogP contribution in [-0.2, 0) is 0 Å². The minimum absolute atomic E-state index is 0.189. The molecular formula is C14H15BrClFN2. The Labute approximate surface area is 125 Å². The molecule has 3 rings (SSSR count). The molecule has 0 N–H and O–H groups in total. The Morgan fingerprint density at radius 1 is 1.53 bits per heavy atom. The molecule has 0 bridgehead atoms. The predicted octanol–water partition coefficient (Wildman–Crippen LogP) is 5.21. The molecule has 1 fully saturated rings. The van der Waals surface area contributed by atoms with E-state index in [0.717, 1.165) is 17.8 Å². The number of halogens is 3. The van der Waals surface area contributed by atoms with Crippen molar-refractivity contribution in [3.63, 3.8) is 0 Å². The van der Waals surface area contributed by atoms with Crippen molar-refractivity contribution in [1.82, 2.24) is 9.55 Å². The zero-order valence-corrected chi connectivity index (χ0v) is 13.4. The average molecular weight is 346 g/mol. The van der Waals surface area contributed by atoms with E-state index in [1.54, 1.807) is 6.07 Å². The summed E-state index contributed by atoms with van der Waals surface area (Å²) in [5, 5.41) is -0.189. The van der Waals surface area contributed by atoms with E-state index in [1.165, 1.54) is 6.07 Å². The van der Waals surface area contributed by atoms with Crippen LogP contribution in [0.4, 0.5) is 4.39 Å². The summed E-state index contributed by atoms with van der Waals surface area (Å²) in [6.07, 6.45) is 1.10. The highest BCUT2D eigenvalue weighted by atomic mass is 79.9. The number of fused-ring (bicyclic) bond motifs is 1. The maximum absolute atomic E-state index is 13.6. The Morgan fingerprint density at radius 2 is 2.16 bits per heavy atom. The van der Waals surface area contributed by atoms with Crippen molar-refractivity contribution in [1.29, 1.82) is 0 Å². The van der Waals surface area contributed by atoms with Gasteiger partial charge in [0.1, 0.15) is 11.6 Å². The molecule has 0 saturated heterocycles. The van der Waals surface area contributed by atoms with Gasteiger partial charge in [0.2, 0.25) is 0 Å². The summed E-state index contributed by atoms with van der Waals surface area (Å²) < 4.78 is 16.3. The van der Waals surface area contributed by atoms with Crippen LogP contribution in [0.15, 0.2) is 16.6 Å². The summed E-state index contributed by atoms with van der Waals surface area (Å²) in [5.41, 5.74) is 1.88. The molecule has 2 nitrogen and oxygen atoms in total. The molecule has 2 unspecified atom stereocenters. The lowest BCUT2D eigenvalue weighted by molar-refractivity contribution is 0.535. The fraction of sp³-hybridized carbons (Fsp3) is 0.500. The van der Waals surface area contributed by atoms with Gasteiger partial charge in [-0.05, 0) is 40.8 Å². The van der Waals surface area contributed by atoms with Crippen molar-refractivity contribution in [2.24, 2.45) is 5.41 Å². The summed E-state index contributed by atoms with van der Waals surface area (Å²) >= 11 is 9.48. The molecule has 1 aliphatic rings. The molecule has 0 radical (unpaired) electrons. The van der Waals surface area contributed by atoms with Crippen molar-refractivity contribution in [2.75, 3.05) is 0 Å². The van der Waals surface area contributed by atoms with E-state index in [1.807, 2.05) is 6.92 Å². The second kappa shape index (κ2) is 4.19. The highest BCUT2D eigenvalue weighted by Gasteiger charge is 2.48. The first kappa shape index (κ1) is 13.4. The second-order valence-electron chi connectivity index (χ2n) is 5.92. The van der Waals surface area contributed by atoms with Gasteiger partial charge in [-0.15, -0.1) is 11.6 Å². The van der Waals surface area contributed by atoms with Crippen LogP contribution in [0.5, 0.6) is 0 Å². The van der Waals surface area contributed by atoms with Crippen molar-refractivity contribution < 1.29 is 4.39 Å². The monoisotopic (exact) mass is 344 g/mol. The molecule has 2 aromatic rings. The van der Waals surface area contributed by atoms with E-state index in [0.29, 0.717) is 16.0 Å². The molecule has 1 saturated carbocycles. The Bertz CT molecular complexity index is 663. The first-order valence-corrected chi connectivity index (χ1v) is 7.55. The molecule has 0 amide bonds. The summed E-state index contributed by atoms with van der Waals surface area (Å²) in [5.74, 6) is 0.533. The average Bonchev–Trinajstić information content (AvgIpc) is 2.77. The van der Waals surface area contributed by atoms with Crippen LogP contribution < -0.4 is 0 Å². The molecule has 102 valence electrons. The molecule has 5 heteroatoms. The fourth-order valence-corrected chi connectivity index (χ4v) is 3.08. The lowest BCUT2D eigenvalue weighted by Gasteiger charge is -2.12. The minimum atomic E-state index is -0.291. The van der Waals surface area contributed by atoms with Crippen molar-refractivity contribution in [3.8, 4) is 0 Å². The molecule has 1 heterocycles. The fourth-order valence-electron chi connectivity index (χ4n) is 2.60. The van der Waals surface area contributed by atoms with E-state index in [-0.39, 0.29) is 16.6 Å². The molecule has 1 aromatic heterocycles. The molecule has 19 heavy (non-hydrogen) atoms. The van der Waals surface area contributed by atoms with E-state index >= 15 is 0 Å². The number of nitrogens with zero attached hydrogens (tertiary/aromatic N) is 2. The topological polar surface area (TPSA) is 17.8 Å². The Morgan fingerprint density at radius 3 is 2.68 bits per heavy atom. The van der Waals surface area contributed by atoms with Crippen LogP contribution in [0.3, 0.4) is 0 Å². The number of aromatic nitrogens is 2. The SMILES string of the molecule is CC(Cl)c1nc2cc(F)c(Br)cc2n1C1CC1(C)C. The standard InChI is InChI=1S/C14H15BrClFN2/c1-7(16)13-18-10-5-9(17)8(15)4-11(10)19(13)12-6-14(12,2)3/h4-5,7,12H,6H2,1-3H3. The summed E-state index contributed by atoms with van der Waals surface area (Å²) in [4.78, 5) is 4.51. The maximum atomic E-state index is 13.6. The molecule has 0 aliphatic heterocycles. The molecule has 2 atom stereocenters. The summed E-state index contributed by atoms with van der Waals surface area (Å²) in [6.45, 7) is 6.36. The zero-order chi connectivity index (χ0) is 13.9. The number of hydrogen-bond donors (Lipinski definition) is 0. The van der Waals surface area contributed by atoms with E-state index < -0.39 is 0 Å². The maximum Gasteiger partial charge on any atom is 0.139 e. The van der Waals surface area contributed by atoms with Crippen LogP contribution in [-0.4, -0.2) is 9.55 Å². The van der Waals surface area contributed by atoms with Gasteiger partial charge in [0.25, 0.3) is 0 Å². The van der Waals surface area contributed by atoms with Gasteiger partial charge in [-0.3, -0.25) is 0 Å². The van der Waals surface area contributed by atoms with Crippen LogP contribution in [0.1, 0.15) is 44.4 Å². The second-order valence-corrected chi connectivity index (χ2v) is 7.43. The first-order valence-electron chi connectivity index (χ1n) is 6.32. The van der Waals surface area contributed by atoms with Crippen LogP contribution >= 0.6 is 27.5 Å². The number of alkyl halides is 1. The molecule has 1 aliphatic carbocycles. The van der Waals surface area contributed by atoms with Gasteiger partial charge in [-0.2, -0.15) is 0 Å². The Hall–Kier alpha value is -0.610.